The summed E-state index contributed by atoms with van der Waals surface area (Å²) >= 11 is 0. The van der Waals surface area contributed by atoms with Gasteiger partial charge in [-0.05, 0) is 38.1 Å². The zero-order valence-corrected chi connectivity index (χ0v) is 9.27. The summed E-state index contributed by atoms with van der Waals surface area (Å²) in [6.07, 6.45) is 2.85. The lowest BCUT2D eigenvalue weighted by atomic mass is 10.2. The second kappa shape index (κ2) is 4.30. The van der Waals surface area contributed by atoms with Crippen molar-refractivity contribution in [1.29, 1.82) is 0 Å². The van der Waals surface area contributed by atoms with E-state index < -0.39 is 0 Å². The van der Waals surface area contributed by atoms with E-state index in [2.05, 4.69) is 41.6 Å². The van der Waals surface area contributed by atoms with Crippen molar-refractivity contribution in [2.45, 2.75) is 26.8 Å². The number of aryl methyl sites for hydroxylation is 3. The number of aromatic nitrogens is 2. The molecule has 2 aromatic heterocycles. The molecule has 0 aliphatic carbocycles. The average Bonchev–Trinajstić information content (AvgIpc) is 2.58. The summed E-state index contributed by atoms with van der Waals surface area (Å²) in [4.78, 5) is 4.32. The first kappa shape index (κ1) is 9.97. The molecular formula is C13H16N2. The molecule has 0 radical (unpaired) electrons. The van der Waals surface area contributed by atoms with Gasteiger partial charge in [0.15, 0.2) is 0 Å². The van der Waals surface area contributed by atoms with E-state index in [9.17, 15) is 0 Å². The van der Waals surface area contributed by atoms with Crippen LogP contribution in [0.3, 0.4) is 0 Å². The summed E-state index contributed by atoms with van der Waals surface area (Å²) < 4.78 is 2.33. The van der Waals surface area contributed by atoms with Gasteiger partial charge in [-0.1, -0.05) is 6.07 Å². The third-order valence-electron chi connectivity index (χ3n) is 2.73. The Morgan fingerprint density at radius 2 is 1.80 bits per heavy atom. The Labute approximate surface area is 90.6 Å². The molecular weight excluding hydrogens is 184 g/mol. The topological polar surface area (TPSA) is 17.8 Å². The normalized spacial score (nSPS) is 10.5. The summed E-state index contributed by atoms with van der Waals surface area (Å²) in [5.41, 5.74) is 3.80. The van der Waals surface area contributed by atoms with Crippen LogP contribution in [0.5, 0.6) is 0 Å². The third-order valence-corrected chi connectivity index (χ3v) is 2.73. The number of hydrogen-bond donors (Lipinski definition) is 0. The predicted molar refractivity (Wildman–Crippen MR) is 61.8 cm³/mol. The molecule has 2 nitrogen and oxygen atoms in total. The molecule has 0 aliphatic rings. The average molecular weight is 200 g/mol. The standard InChI is InChI=1S/C13H16N2/c1-11-6-7-12(2)15(11)10-8-13-5-3-4-9-14-13/h3-7,9H,8,10H2,1-2H3. The molecule has 0 spiro atoms. The van der Waals surface area contributed by atoms with E-state index in [1.54, 1.807) is 0 Å². The molecule has 15 heavy (non-hydrogen) atoms. The third kappa shape index (κ3) is 2.27. The van der Waals surface area contributed by atoms with Gasteiger partial charge in [0.25, 0.3) is 0 Å². The van der Waals surface area contributed by atoms with Crippen LogP contribution in [-0.2, 0) is 13.0 Å². The van der Waals surface area contributed by atoms with Crippen molar-refractivity contribution >= 4 is 0 Å². The highest BCUT2D eigenvalue weighted by molar-refractivity contribution is 5.14. The molecule has 2 aromatic rings. The molecule has 0 atom stereocenters. The molecule has 0 aromatic carbocycles. The van der Waals surface area contributed by atoms with Crippen LogP contribution in [0.25, 0.3) is 0 Å². The van der Waals surface area contributed by atoms with E-state index >= 15 is 0 Å². The first-order valence-electron chi connectivity index (χ1n) is 5.30. The highest BCUT2D eigenvalue weighted by Gasteiger charge is 2.01. The molecule has 0 N–H and O–H groups in total. The van der Waals surface area contributed by atoms with Crippen molar-refractivity contribution in [2.24, 2.45) is 0 Å². The number of hydrogen-bond acceptors (Lipinski definition) is 1. The van der Waals surface area contributed by atoms with Gasteiger partial charge in [-0.25, -0.2) is 0 Å². The zero-order valence-electron chi connectivity index (χ0n) is 9.27. The van der Waals surface area contributed by atoms with Gasteiger partial charge in [0.05, 0.1) is 0 Å². The van der Waals surface area contributed by atoms with Gasteiger partial charge in [0, 0.05) is 36.2 Å². The highest BCUT2D eigenvalue weighted by atomic mass is 15.0. The quantitative estimate of drug-likeness (QED) is 0.745. The maximum atomic E-state index is 4.32. The van der Waals surface area contributed by atoms with Gasteiger partial charge in [0.2, 0.25) is 0 Å². The van der Waals surface area contributed by atoms with E-state index in [1.165, 1.54) is 11.4 Å². The van der Waals surface area contributed by atoms with E-state index in [0.29, 0.717) is 0 Å². The number of pyridine rings is 1. The van der Waals surface area contributed by atoms with Gasteiger partial charge in [-0.15, -0.1) is 0 Å². The van der Waals surface area contributed by atoms with Crippen LogP contribution in [0, 0.1) is 13.8 Å². The smallest absolute Gasteiger partial charge is 0.0421 e. The van der Waals surface area contributed by atoms with Crippen molar-refractivity contribution in [1.82, 2.24) is 9.55 Å². The van der Waals surface area contributed by atoms with E-state index in [4.69, 9.17) is 0 Å². The second-order valence-corrected chi connectivity index (χ2v) is 3.84. The van der Waals surface area contributed by atoms with Crippen LogP contribution in [0.1, 0.15) is 17.1 Å². The Morgan fingerprint density at radius 3 is 2.40 bits per heavy atom. The molecule has 78 valence electrons. The molecule has 0 saturated carbocycles. The second-order valence-electron chi connectivity index (χ2n) is 3.84. The first-order valence-corrected chi connectivity index (χ1v) is 5.30. The first-order chi connectivity index (χ1) is 7.27. The molecule has 0 amide bonds. The van der Waals surface area contributed by atoms with Crippen LogP contribution < -0.4 is 0 Å². The van der Waals surface area contributed by atoms with Gasteiger partial charge in [0.1, 0.15) is 0 Å². The molecule has 0 bridgehead atoms. The summed E-state index contributed by atoms with van der Waals surface area (Å²) in [5, 5.41) is 0. The maximum Gasteiger partial charge on any atom is 0.0421 e. The van der Waals surface area contributed by atoms with E-state index in [-0.39, 0.29) is 0 Å². The minimum Gasteiger partial charge on any atom is -0.349 e. The molecule has 2 heteroatoms. The lowest BCUT2D eigenvalue weighted by molar-refractivity contribution is 0.655. The highest BCUT2D eigenvalue weighted by Crippen LogP contribution is 2.08. The van der Waals surface area contributed by atoms with Crippen molar-refractivity contribution in [3.05, 3.63) is 53.6 Å². The lowest BCUT2D eigenvalue weighted by Gasteiger charge is -2.08. The number of rotatable bonds is 3. The number of nitrogens with zero attached hydrogens (tertiary/aromatic N) is 2. The Balaban J connectivity index is 2.05. The van der Waals surface area contributed by atoms with Crippen LogP contribution in [0.2, 0.25) is 0 Å². The summed E-state index contributed by atoms with van der Waals surface area (Å²) in [6, 6.07) is 10.4. The molecule has 2 heterocycles. The molecule has 0 unspecified atom stereocenters. The summed E-state index contributed by atoms with van der Waals surface area (Å²) in [5.74, 6) is 0. The van der Waals surface area contributed by atoms with Gasteiger partial charge in [-0.2, -0.15) is 0 Å². The Morgan fingerprint density at radius 1 is 1.07 bits per heavy atom. The van der Waals surface area contributed by atoms with Crippen molar-refractivity contribution in [2.75, 3.05) is 0 Å². The minimum atomic E-state index is 0.997. The van der Waals surface area contributed by atoms with Crippen molar-refractivity contribution < 1.29 is 0 Å². The SMILES string of the molecule is Cc1ccc(C)n1CCc1ccccn1. The van der Waals surface area contributed by atoms with Gasteiger partial charge >= 0.3 is 0 Å². The fourth-order valence-corrected chi connectivity index (χ4v) is 1.82. The molecule has 0 fully saturated rings. The molecule has 2 rings (SSSR count). The Kier molecular flexibility index (Phi) is 2.86. The minimum absolute atomic E-state index is 0.997. The summed E-state index contributed by atoms with van der Waals surface area (Å²) in [7, 11) is 0. The van der Waals surface area contributed by atoms with Crippen LogP contribution in [0.4, 0.5) is 0 Å². The van der Waals surface area contributed by atoms with E-state index in [1.807, 2.05) is 18.3 Å². The van der Waals surface area contributed by atoms with Gasteiger partial charge in [-0.3, -0.25) is 4.98 Å². The van der Waals surface area contributed by atoms with Crippen molar-refractivity contribution in [3.63, 3.8) is 0 Å². The largest absolute Gasteiger partial charge is 0.349 e. The van der Waals surface area contributed by atoms with E-state index in [0.717, 1.165) is 18.7 Å². The Bertz CT molecular complexity index is 410. The molecule has 0 aliphatic heterocycles. The maximum absolute atomic E-state index is 4.32. The summed E-state index contributed by atoms with van der Waals surface area (Å²) in [6.45, 7) is 5.30. The fraction of sp³-hybridized carbons (Fsp3) is 0.308. The van der Waals surface area contributed by atoms with Crippen LogP contribution in [0.15, 0.2) is 36.5 Å². The van der Waals surface area contributed by atoms with Crippen LogP contribution in [-0.4, -0.2) is 9.55 Å². The Hall–Kier alpha value is -1.57. The van der Waals surface area contributed by atoms with Crippen LogP contribution >= 0.6 is 0 Å². The monoisotopic (exact) mass is 200 g/mol. The fourth-order valence-electron chi connectivity index (χ4n) is 1.82. The van der Waals surface area contributed by atoms with Gasteiger partial charge < -0.3 is 4.57 Å². The van der Waals surface area contributed by atoms with Crippen molar-refractivity contribution in [3.8, 4) is 0 Å². The molecule has 0 saturated heterocycles. The predicted octanol–water partition coefficient (Wildman–Crippen LogP) is 2.74. The lowest BCUT2D eigenvalue weighted by Crippen LogP contribution is -2.05. The zero-order chi connectivity index (χ0) is 10.7.